The molecule has 1 atom stereocenters. The molecule has 0 saturated carbocycles. The highest BCUT2D eigenvalue weighted by Gasteiger charge is 2.34. The third kappa shape index (κ3) is 2.61. The van der Waals surface area contributed by atoms with Crippen molar-refractivity contribution in [1.29, 1.82) is 0 Å². The van der Waals surface area contributed by atoms with E-state index < -0.39 is 11.4 Å². The lowest BCUT2D eigenvalue weighted by Crippen LogP contribution is -2.38. The molecule has 0 aromatic carbocycles. The highest BCUT2D eigenvalue weighted by atomic mass is 16.4. The van der Waals surface area contributed by atoms with Crippen molar-refractivity contribution in [2.45, 2.75) is 26.2 Å². The van der Waals surface area contributed by atoms with Crippen molar-refractivity contribution in [1.82, 2.24) is 9.78 Å². The van der Waals surface area contributed by atoms with E-state index in [0.717, 1.165) is 5.56 Å². The molecule has 1 rings (SSSR count). The lowest BCUT2D eigenvalue weighted by atomic mass is 9.80. The summed E-state index contributed by atoms with van der Waals surface area (Å²) in [7, 11) is 1.84. The molecule has 0 aliphatic carbocycles. The second kappa shape index (κ2) is 5.12. The van der Waals surface area contributed by atoms with Crippen molar-refractivity contribution >= 4 is 5.97 Å². The van der Waals surface area contributed by atoms with E-state index in [1.165, 1.54) is 0 Å². The van der Waals surface area contributed by atoms with Gasteiger partial charge in [0, 0.05) is 19.8 Å². The number of carbonyl (C=O) groups is 1. The smallest absolute Gasteiger partial charge is 0.310 e. The lowest BCUT2D eigenvalue weighted by Gasteiger charge is -2.25. The van der Waals surface area contributed by atoms with Crippen molar-refractivity contribution in [3.8, 4) is 0 Å². The van der Waals surface area contributed by atoms with Gasteiger partial charge in [-0.3, -0.25) is 9.48 Å². The quantitative estimate of drug-likeness (QED) is 0.750. The maximum absolute atomic E-state index is 11.2. The molecule has 1 unspecified atom stereocenters. The number of aryl methyl sites for hydroxylation is 2. The summed E-state index contributed by atoms with van der Waals surface area (Å²) in [6, 6.07) is 0. The first-order chi connectivity index (χ1) is 7.54. The van der Waals surface area contributed by atoms with Crippen LogP contribution in [0.5, 0.6) is 0 Å². The Hall–Kier alpha value is -1.36. The van der Waals surface area contributed by atoms with Crippen LogP contribution in [0.2, 0.25) is 0 Å². The van der Waals surface area contributed by atoms with Gasteiger partial charge in [0.15, 0.2) is 0 Å². The third-order valence-electron chi connectivity index (χ3n) is 3.17. The molecule has 5 nitrogen and oxygen atoms in total. The molecular weight excluding hydrogens is 206 g/mol. The number of nitrogens with zero attached hydrogens (tertiary/aromatic N) is 2. The predicted molar refractivity (Wildman–Crippen MR) is 60.9 cm³/mol. The fourth-order valence-corrected chi connectivity index (χ4v) is 1.75. The fraction of sp³-hybridized carbons (Fsp3) is 0.636. The zero-order valence-electron chi connectivity index (χ0n) is 9.81. The van der Waals surface area contributed by atoms with Crippen LogP contribution >= 0.6 is 0 Å². The molecule has 0 bridgehead atoms. The first-order valence-electron chi connectivity index (χ1n) is 5.45. The average Bonchev–Trinajstić information content (AvgIpc) is 2.66. The Bertz CT molecular complexity index is 356. The number of hydrogen-bond donors (Lipinski definition) is 2. The van der Waals surface area contributed by atoms with E-state index in [-0.39, 0.29) is 6.54 Å². The van der Waals surface area contributed by atoms with Gasteiger partial charge >= 0.3 is 5.97 Å². The molecule has 0 fully saturated rings. The minimum absolute atomic E-state index is 0.180. The zero-order valence-corrected chi connectivity index (χ0v) is 9.81. The average molecular weight is 225 g/mol. The van der Waals surface area contributed by atoms with Crippen LogP contribution in [0.4, 0.5) is 0 Å². The number of aromatic nitrogens is 2. The van der Waals surface area contributed by atoms with E-state index in [1.807, 2.05) is 20.2 Å². The van der Waals surface area contributed by atoms with Crippen molar-refractivity contribution < 1.29 is 9.90 Å². The maximum Gasteiger partial charge on any atom is 0.310 e. The van der Waals surface area contributed by atoms with Crippen LogP contribution in [-0.2, 0) is 18.3 Å². The van der Waals surface area contributed by atoms with E-state index >= 15 is 0 Å². The number of aliphatic carboxylic acids is 1. The van der Waals surface area contributed by atoms with Gasteiger partial charge in [-0.25, -0.2) is 0 Å². The summed E-state index contributed by atoms with van der Waals surface area (Å²) in [6.07, 6.45) is 5.48. The SMILES string of the molecule is CCC(CN)(CCc1cnn(C)c1)C(=O)O. The highest BCUT2D eigenvalue weighted by Crippen LogP contribution is 2.27. The number of carboxylic acids is 1. The Morgan fingerprint density at radius 2 is 2.38 bits per heavy atom. The van der Waals surface area contributed by atoms with Crippen LogP contribution < -0.4 is 5.73 Å². The maximum atomic E-state index is 11.2. The summed E-state index contributed by atoms with van der Waals surface area (Å²) in [4.78, 5) is 11.2. The molecule has 0 amide bonds. The van der Waals surface area contributed by atoms with Crippen LogP contribution in [0.3, 0.4) is 0 Å². The summed E-state index contributed by atoms with van der Waals surface area (Å²) in [5.74, 6) is -0.804. The van der Waals surface area contributed by atoms with Crippen LogP contribution in [0.15, 0.2) is 12.4 Å². The van der Waals surface area contributed by atoms with Gasteiger partial charge in [-0.05, 0) is 24.8 Å². The van der Waals surface area contributed by atoms with Crippen LogP contribution in [0.25, 0.3) is 0 Å². The number of rotatable bonds is 6. The molecule has 1 heterocycles. The molecule has 0 spiro atoms. The van der Waals surface area contributed by atoms with Crippen molar-refractivity contribution in [3.05, 3.63) is 18.0 Å². The summed E-state index contributed by atoms with van der Waals surface area (Å²) < 4.78 is 1.71. The van der Waals surface area contributed by atoms with Crippen molar-refractivity contribution in [3.63, 3.8) is 0 Å². The second-order valence-electron chi connectivity index (χ2n) is 4.17. The molecule has 90 valence electrons. The Morgan fingerprint density at radius 3 is 2.75 bits per heavy atom. The summed E-state index contributed by atoms with van der Waals surface area (Å²) in [6.45, 7) is 2.04. The topological polar surface area (TPSA) is 81.1 Å². The monoisotopic (exact) mass is 225 g/mol. The van der Waals surface area contributed by atoms with Crippen LogP contribution in [0, 0.1) is 5.41 Å². The Kier molecular flexibility index (Phi) is 4.06. The zero-order chi connectivity index (χ0) is 12.2. The van der Waals surface area contributed by atoms with Gasteiger partial charge in [-0.1, -0.05) is 6.92 Å². The highest BCUT2D eigenvalue weighted by molar-refractivity contribution is 5.74. The lowest BCUT2D eigenvalue weighted by molar-refractivity contribution is -0.149. The van der Waals surface area contributed by atoms with Gasteiger partial charge in [0.25, 0.3) is 0 Å². The Labute approximate surface area is 95.3 Å². The van der Waals surface area contributed by atoms with Gasteiger partial charge in [0.05, 0.1) is 11.6 Å². The molecule has 16 heavy (non-hydrogen) atoms. The summed E-state index contributed by atoms with van der Waals surface area (Å²) >= 11 is 0. The normalized spacial score (nSPS) is 14.7. The molecule has 3 N–H and O–H groups in total. The summed E-state index contributed by atoms with van der Waals surface area (Å²) in [5.41, 5.74) is 5.84. The first kappa shape index (κ1) is 12.7. The van der Waals surface area contributed by atoms with Gasteiger partial charge in [-0.2, -0.15) is 5.10 Å². The second-order valence-corrected chi connectivity index (χ2v) is 4.17. The number of carboxylic acid groups (broad SMARTS) is 1. The van der Waals surface area contributed by atoms with E-state index in [4.69, 9.17) is 5.73 Å². The van der Waals surface area contributed by atoms with E-state index in [0.29, 0.717) is 19.3 Å². The molecule has 0 aliphatic heterocycles. The predicted octanol–water partition coefficient (Wildman–Crippen LogP) is 0.792. The van der Waals surface area contributed by atoms with E-state index in [1.54, 1.807) is 10.9 Å². The fourth-order valence-electron chi connectivity index (χ4n) is 1.75. The molecule has 1 aromatic heterocycles. The van der Waals surface area contributed by atoms with Gasteiger partial charge in [0.2, 0.25) is 0 Å². The van der Waals surface area contributed by atoms with Crippen molar-refractivity contribution in [2.75, 3.05) is 6.54 Å². The van der Waals surface area contributed by atoms with E-state index in [9.17, 15) is 9.90 Å². The molecule has 1 aromatic rings. The van der Waals surface area contributed by atoms with E-state index in [2.05, 4.69) is 5.10 Å². The Morgan fingerprint density at radius 1 is 1.69 bits per heavy atom. The van der Waals surface area contributed by atoms with Gasteiger partial charge in [-0.15, -0.1) is 0 Å². The third-order valence-corrected chi connectivity index (χ3v) is 3.17. The standard InChI is InChI=1S/C11H19N3O2/c1-3-11(8-12,10(15)16)5-4-9-6-13-14(2)7-9/h6-7H,3-5,8,12H2,1-2H3,(H,15,16). The molecular formula is C11H19N3O2. The molecule has 0 aliphatic rings. The van der Waals surface area contributed by atoms with Gasteiger partial charge in [0.1, 0.15) is 0 Å². The van der Waals surface area contributed by atoms with Crippen LogP contribution in [0.1, 0.15) is 25.3 Å². The minimum atomic E-state index is -0.804. The molecule has 0 saturated heterocycles. The Balaban J connectivity index is 2.67. The molecule has 0 radical (unpaired) electrons. The van der Waals surface area contributed by atoms with Crippen LogP contribution in [-0.4, -0.2) is 27.4 Å². The summed E-state index contributed by atoms with van der Waals surface area (Å²) in [5, 5.41) is 13.3. The largest absolute Gasteiger partial charge is 0.481 e. The number of nitrogens with two attached hydrogens (primary N) is 1. The van der Waals surface area contributed by atoms with Crippen molar-refractivity contribution in [2.24, 2.45) is 18.2 Å². The molecule has 5 heteroatoms. The number of hydrogen-bond acceptors (Lipinski definition) is 3. The minimum Gasteiger partial charge on any atom is -0.481 e. The van der Waals surface area contributed by atoms with Gasteiger partial charge < -0.3 is 10.8 Å². The first-order valence-corrected chi connectivity index (χ1v) is 5.45.